The highest BCUT2D eigenvalue weighted by atomic mass is 35.5. The summed E-state index contributed by atoms with van der Waals surface area (Å²) < 4.78 is 44.7. The zero-order chi connectivity index (χ0) is 26.6. The maximum Gasteiger partial charge on any atom is 0.416 e. The molecule has 2 N–H and O–H groups in total. The molecule has 0 saturated carbocycles. The van der Waals surface area contributed by atoms with E-state index in [-0.39, 0.29) is 44.8 Å². The summed E-state index contributed by atoms with van der Waals surface area (Å²) in [5, 5.41) is 17.9. The summed E-state index contributed by atoms with van der Waals surface area (Å²) in [4.78, 5) is 25.1. The number of hydrogen-bond acceptors (Lipinski definition) is 10. The van der Waals surface area contributed by atoms with Crippen LogP contribution >= 0.6 is 23.2 Å². The van der Waals surface area contributed by atoms with Gasteiger partial charge in [-0.1, -0.05) is 29.3 Å². The van der Waals surface area contributed by atoms with Crippen molar-refractivity contribution in [1.29, 1.82) is 0 Å². The number of hydrogen-bond donors (Lipinski definition) is 2. The first-order valence-corrected chi connectivity index (χ1v) is 11.3. The lowest BCUT2D eigenvalue weighted by Gasteiger charge is -2.27. The number of ether oxygens (including phenoxy) is 1. The Kier molecular flexibility index (Phi) is 7.90. The third-order valence-corrected chi connectivity index (χ3v) is 5.62. The summed E-state index contributed by atoms with van der Waals surface area (Å²) in [5.74, 6) is 0.168. The zero-order valence-electron chi connectivity index (χ0n) is 18.7. The molecule has 2 heterocycles. The molecule has 0 aliphatic carbocycles. The van der Waals surface area contributed by atoms with Crippen LogP contribution < -0.4 is 15.6 Å². The number of nitro groups is 1. The summed E-state index contributed by atoms with van der Waals surface area (Å²) in [7, 11) is 0. The molecule has 0 bridgehead atoms. The zero-order valence-corrected chi connectivity index (χ0v) is 20.2. The predicted octanol–water partition coefficient (Wildman–Crippen LogP) is 5.13. The van der Waals surface area contributed by atoms with E-state index in [2.05, 4.69) is 30.8 Å². The molecule has 1 saturated heterocycles. The number of hydrazone groups is 1. The Morgan fingerprint density at radius 1 is 1.08 bits per heavy atom. The van der Waals surface area contributed by atoms with Crippen molar-refractivity contribution < 1.29 is 22.8 Å². The molecular weight excluding hydrogens is 540 g/mol. The molecule has 194 valence electrons. The van der Waals surface area contributed by atoms with Gasteiger partial charge in [0.25, 0.3) is 5.69 Å². The van der Waals surface area contributed by atoms with Crippen LogP contribution in [0.15, 0.2) is 41.5 Å². The Balaban J connectivity index is 1.61. The van der Waals surface area contributed by atoms with Crippen LogP contribution in [-0.4, -0.2) is 52.4 Å². The van der Waals surface area contributed by atoms with E-state index in [1.807, 2.05) is 4.90 Å². The third kappa shape index (κ3) is 6.72. The fraction of sp³-hybridized carbons (Fsp3) is 0.238. The van der Waals surface area contributed by atoms with Gasteiger partial charge in [-0.2, -0.15) is 33.2 Å². The number of alkyl halides is 3. The first-order chi connectivity index (χ1) is 17.6. The van der Waals surface area contributed by atoms with Gasteiger partial charge in [0.05, 0.1) is 34.9 Å². The third-order valence-electron chi connectivity index (χ3n) is 4.99. The van der Waals surface area contributed by atoms with Crippen LogP contribution in [0, 0.1) is 10.1 Å². The fourth-order valence-corrected chi connectivity index (χ4v) is 3.73. The van der Waals surface area contributed by atoms with Crippen LogP contribution in [0.5, 0.6) is 0 Å². The Morgan fingerprint density at radius 3 is 2.51 bits per heavy atom. The maximum atomic E-state index is 13.1. The van der Waals surface area contributed by atoms with E-state index in [1.54, 1.807) is 0 Å². The Hall–Kier alpha value is -3.75. The van der Waals surface area contributed by atoms with Gasteiger partial charge in [-0.25, -0.2) is 5.43 Å². The fourth-order valence-electron chi connectivity index (χ4n) is 3.23. The quantitative estimate of drug-likeness (QED) is 0.231. The first-order valence-electron chi connectivity index (χ1n) is 10.6. The van der Waals surface area contributed by atoms with E-state index in [4.69, 9.17) is 27.9 Å². The van der Waals surface area contributed by atoms with Gasteiger partial charge >= 0.3 is 6.18 Å². The van der Waals surface area contributed by atoms with E-state index in [9.17, 15) is 23.3 Å². The summed E-state index contributed by atoms with van der Waals surface area (Å²) in [6, 6.07) is 6.95. The van der Waals surface area contributed by atoms with Crippen LogP contribution in [0.25, 0.3) is 0 Å². The van der Waals surface area contributed by atoms with Crippen LogP contribution in [-0.2, 0) is 10.9 Å². The summed E-state index contributed by atoms with van der Waals surface area (Å²) in [6.07, 6.45) is -3.31. The monoisotopic (exact) mass is 556 g/mol. The second-order valence-electron chi connectivity index (χ2n) is 7.54. The lowest BCUT2D eigenvalue weighted by atomic mass is 10.2. The molecule has 1 aliphatic heterocycles. The molecule has 0 radical (unpaired) electrons. The van der Waals surface area contributed by atoms with E-state index in [1.165, 1.54) is 24.4 Å². The molecular formula is C21H17Cl2F3N8O3. The van der Waals surface area contributed by atoms with Crippen molar-refractivity contribution in [2.24, 2.45) is 5.10 Å². The number of benzene rings is 2. The number of nitrogens with zero attached hydrogens (tertiary/aromatic N) is 6. The highest BCUT2D eigenvalue weighted by Crippen LogP contribution is 2.32. The van der Waals surface area contributed by atoms with Crippen molar-refractivity contribution in [3.63, 3.8) is 0 Å². The molecule has 2 aromatic carbocycles. The number of nitro benzene ring substituents is 1. The highest BCUT2D eigenvalue weighted by Gasteiger charge is 2.30. The SMILES string of the molecule is O=[N+]([O-])c1cc(C=NNc2nc(Nc3cccc(C(F)(F)F)c3)nc(N3CCOCC3)n2)c(Cl)cc1Cl. The van der Waals surface area contributed by atoms with Crippen molar-refractivity contribution in [3.8, 4) is 0 Å². The molecule has 0 amide bonds. The smallest absolute Gasteiger partial charge is 0.378 e. The highest BCUT2D eigenvalue weighted by molar-refractivity contribution is 6.37. The van der Waals surface area contributed by atoms with E-state index < -0.39 is 16.7 Å². The molecule has 1 aromatic heterocycles. The summed E-state index contributed by atoms with van der Waals surface area (Å²) >= 11 is 11.9. The lowest BCUT2D eigenvalue weighted by Crippen LogP contribution is -2.37. The van der Waals surface area contributed by atoms with Crippen LogP contribution in [0.1, 0.15) is 11.1 Å². The molecule has 16 heteroatoms. The molecule has 0 atom stereocenters. The second kappa shape index (κ2) is 11.1. The van der Waals surface area contributed by atoms with Gasteiger partial charge < -0.3 is 15.0 Å². The Bertz CT molecular complexity index is 1340. The van der Waals surface area contributed by atoms with E-state index >= 15 is 0 Å². The van der Waals surface area contributed by atoms with Crippen molar-refractivity contribution in [2.45, 2.75) is 6.18 Å². The summed E-state index contributed by atoms with van der Waals surface area (Å²) in [6.45, 7) is 1.85. The minimum absolute atomic E-state index is 0.0336. The van der Waals surface area contributed by atoms with Gasteiger partial charge in [-0.15, -0.1) is 0 Å². The number of anilines is 4. The summed E-state index contributed by atoms with van der Waals surface area (Å²) in [5.41, 5.74) is 1.72. The number of aromatic nitrogens is 3. The Labute approximate surface area is 217 Å². The average molecular weight is 557 g/mol. The lowest BCUT2D eigenvalue weighted by molar-refractivity contribution is -0.384. The average Bonchev–Trinajstić information content (AvgIpc) is 2.85. The minimum Gasteiger partial charge on any atom is -0.378 e. The molecule has 3 aromatic rings. The van der Waals surface area contributed by atoms with E-state index in [0.29, 0.717) is 26.3 Å². The standard InChI is InChI=1S/C21H17Cl2F3N8O3/c22-15-10-16(23)17(34(35)36)8-12(15)11-27-32-19-29-18(30-20(31-19)33-4-6-37-7-5-33)28-14-3-1-2-13(9-14)21(24,25)26/h1-3,8-11H,4-7H2,(H2,28,29,30,31,32). The van der Waals surface area contributed by atoms with Gasteiger partial charge in [0, 0.05) is 30.4 Å². The van der Waals surface area contributed by atoms with Gasteiger partial charge in [-0.05, 0) is 24.3 Å². The van der Waals surface area contributed by atoms with Crippen molar-refractivity contribution in [3.05, 3.63) is 67.7 Å². The van der Waals surface area contributed by atoms with Crippen LogP contribution in [0.3, 0.4) is 0 Å². The number of nitrogens with one attached hydrogen (secondary N) is 2. The molecule has 11 nitrogen and oxygen atoms in total. The molecule has 0 unspecified atom stereocenters. The molecule has 37 heavy (non-hydrogen) atoms. The van der Waals surface area contributed by atoms with Crippen molar-refractivity contribution in [1.82, 2.24) is 15.0 Å². The van der Waals surface area contributed by atoms with Crippen LogP contribution in [0.2, 0.25) is 10.0 Å². The van der Waals surface area contributed by atoms with Gasteiger partial charge in [-0.3, -0.25) is 10.1 Å². The predicted molar refractivity (Wildman–Crippen MR) is 132 cm³/mol. The normalized spacial score (nSPS) is 14.1. The first kappa shape index (κ1) is 26.3. The number of halogens is 5. The number of morpholine rings is 1. The van der Waals surface area contributed by atoms with Crippen LogP contribution in [0.4, 0.5) is 42.4 Å². The molecule has 1 fully saturated rings. The topological polar surface area (TPSA) is 131 Å². The molecule has 1 aliphatic rings. The Morgan fingerprint density at radius 2 is 1.81 bits per heavy atom. The van der Waals surface area contributed by atoms with Gasteiger partial charge in [0.2, 0.25) is 17.8 Å². The maximum absolute atomic E-state index is 13.1. The van der Waals surface area contributed by atoms with E-state index in [0.717, 1.165) is 18.2 Å². The largest absolute Gasteiger partial charge is 0.416 e. The van der Waals surface area contributed by atoms with Crippen molar-refractivity contribution in [2.75, 3.05) is 41.9 Å². The minimum atomic E-state index is -4.52. The van der Waals surface area contributed by atoms with Gasteiger partial charge in [0.1, 0.15) is 5.02 Å². The van der Waals surface area contributed by atoms with Crippen molar-refractivity contribution >= 4 is 58.6 Å². The van der Waals surface area contributed by atoms with Gasteiger partial charge in [0.15, 0.2) is 0 Å². The number of rotatable bonds is 7. The molecule has 4 rings (SSSR count). The molecule has 0 spiro atoms. The second-order valence-corrected chi connectivity index (χ2v) is 8.35.